The molecule has 2 rings (SSSR count). The van der Waals surface area contributed by atoms with Crippen LogP contribution in [0.15, 0.2) is 42.6 Å². The number of rotatable bonds is 7. The highest BCUT2D eigenvalue weighted by Gasteiger charge is 2.15. The summed E-state index contributed by atoms with van der Waals surface area (Å²) in [4.78, 5) is 2.22. The van der Waals surface area contributed by atoms with Crippen molar-refractivity contribution < 1.29 is 5.11 Å². The lowest BCUT2D eigenvalue weighted by Gasteiger charge is -2.23. The van der Waals surface area contributed by atoms with Crippen molar-refractivity contribution in [1.82, 2.24) is 9.47 Å². The van der Waals surface area contributed by atoms with E-state index >= 15 is 0 Å². The standard InChI is InChI=1S/C17H25N3O/c1-3-19(4-2)13-17(21)16-6-5-11-20(16)15-9-7-14(12-18)8-10-15/h5-11,17,21H,3-4,12-13,18H2,1-2H3/t17-/m0/s1. The van der Waals surface area contributed by atoms with Crippen molar-refractivity contribution in [3.8, 4) is 5.69 Å². The van der Waals surface area contributed by atoms with Crippen LogP contribution in [0.1, 0.15) is 31.2 Å². The maximum atomic E-state index is 10.5. The van der Waals surface area contributed by atoms with E-state index in [-0.39, 0.29) is 0 Å². The van der Waals surface area contributed by atoms with Gasteiger partial charge in [0.15, 0.2) is 0 Å². The number of hydrogen-bond acceptors (Lipinski definition) is 3. The summed E-state index contributed by atoms with van der Waals surface area (Å²) in [6.45, 7) is 7.31. The quantitative estimate of drug-likeness (QED) is 0.821. The smallest absolute Gasteiger partial charge is 0.107 e. The zero-order valence-electron chi connectivity index (χ0n) is 12.9. The van der Waals surface area contributed by atoms with E-state index in [0.717, 1.165) is 30.0 Å². The van der Waals surface area contributed by atoms with E-state index in [0.29, 0.717) is 13.1 Å². The molecule has 1 atom stereocenters. The topological polar surface area (TPSA) is 54.4 Å². The fraction of sp³-hybridized carbons (Fsp3) is 0.412. The number of benzene rings is 1. The van der Waals surface area contributed by atoms with E-state index < -0.39 is 6.10 Å². The average Bonchev–Trinajstić information content (AvgIpc) is 3.02. The summed E-state index contributed by atoms with van der Waals surface area (Å²) in [5.74, 6) is 0. The third kappa shape index (κ3) is 3.73. The van der Waals surface area contributed by atoms with Crippen molar-refractivity contribution in [3.63, 3.8) is 0 Å². The molecule has 0 unspecified atom stereocenters. The summed E-state index contributed by atoms with van der Waals surface area (Å²) in [5.41, 5.74) is 8.70. The number of nitrogens with two attached hydrogens (primary N) is 1. The van der Waals surface area contributed by atoms with Crippen LogP contribution in [0.4, 0.5) is 0 Å². The molecule has 0 radical (unpaired) electrons. The average molecular weight is 287 g/mol. The first kappa shape index (κ1) is 15.8. The minimum Gasteiger partial charge on any atom is -0.386 e. The van der Waals surface area contributed by atoms with Crippen LogP contribution in [0.25, 0.3) is 5.69 Å². The maximum absolute atomic E-state index is 10.5. The molecule has 1 aromatic heterocycles. The van der Waals surface area contributed by atoms with Gasteiger partial charge in [-0.15, -0.1) is 0 Å². The third-order valence-corrected chi connectivity index (χ3v) is 3.90. The van der Waals surface area contributed by atoms with Crippen molar-refractivity contribution in [3.05, 3.63) is 53.9 Å². The van der Waals surface area contributed by atoms with Crippen LogP contribution in [-0.2, 0) is 6.54 Å². The summed E-state index contributed by atoms with van der Waals surface area (Å²) < 4.78 is 2.04. The molecule has 0 spiro atoms. The predicted octanol–water partition coefficient (Wildman–Crippen LogP) is 2.31. The van der Waals surface area contributed by atoms with E-state index in [1.54, 1.807) is 0 Å². The Morgan fingerprint density at radius 3 is 2.38 bits per heavy atom. The largest absolute Gasteiger partial charge is 0.386 e. The molecule has 0 amide bonds. The molecule has 0 aliphatic carbocycles. The summed E-state index contributed by atoms with van der Waals surface area (Å²) >= 11 is 0. The van der Waals surface area contributed by atoms with Crippen LogP contribution in [0.2, 0.25) is 0 Å². The molecule has 0 saturated carbocycles. The third-order valence-electron chi connectivity index (χ3n) is 3.90. The molecule has 0 aliphatic heterocycles. The van der Waals surface area contributed by atoms with Crippen molar-refractivity contribution in [2.75, 3.05) is 19.6 Å². The van der Waals surface area contributed by atoms with Gasteiger partial charge in [-0.25, -0.2) is 0 Å². The van der Waals surface area contributed by atoms with E-state index in [1.807, 2.05) is 47.2 Å². The summed E-state index contributed by atoms with van der Waals surface area (Å²) in [7, 11) is 0. The van der Waals surface area contributed by atoms with Gasteiger partial charge >= 0.3 is 0 Å². The number of aliphatic hydroxyl groups is 1. The van der Waals surface area contributed by atoms with Crippen LogP contribution in [0.3, 0.4) is 0 Å². The minimum atomic E-state index is -0.492. The molecular formula is C17H25N3O. The van der Waals surface area contributed by atoms with Crippen LogP contribution in [0, 0.1) is 0 Å². The molecule has 3 N–H and O–H groups in total. The van der Waals surface area contributed by atoms with Gasteiger partial charge in [0.2, 0.25) is 0 Å². The summed E-state index contributed by atoms with van der Waals surface area (Å²) in [5, 5.41) is 10.5. The summed E-state index contributed by atoms with van der Waals surface area (Å²) in [6.07, 6.45) is 1.49. The van der Waals surface area contributed by atoms with Crippen molar-refractivity contribution in [1.29, 1.82) is 0 Å². The van der Waals surface area contributed by atoms with Crippen molar-refractivity contribution in [2.24, 2.45) is 5.73 Å². The Bertz CT molecular complexity index is 543. The molecular weight excluding hydrogens is 262 g/mol. The Labute approximate surface area is 126 Å². The number of likely N-dealkylation sites (N-methyl/N-ethyl adjacent to an activating group) is 1. The van der Waals surface area contributed by atoms with E-state index in [9.17, 15) is 5.11 Å². The lowest BCUT2D eigenvalue weighted by atomic mass is 10.2. The molecule has 21 heavy (non-hydrogen) atoms. The fourth-order valence-electron chi connectivity index (χ4n) is 2.51. The van der Waals surface area contributed by atoms with Crippen LogP contribution < -0.4 is 5.73 Å². The zero-order valence-corrected chi connectivity index (χ0v) is 12.9. The highest BCUT2D eigenvalue weighted by Crippen LogP contribution is 2.20. The molecule has 1 aromatic carbocycles. The monoisotopic (exact) mass is 287 g/mol. The minimum absolute atomic E-state index is 0.492. The van der Waals surface area contributed by atoms with Gasteiger partial charge in [0.1, 0.15) is 6.10 Å². The van der Waals surface area contributed by atoms with Gasteiger partial charge < -0.3 is 20.3 Å². The molecule has 0 aliphatic rings. The van der Waals surface area contributed by atoms with Gasteiger partial charge in [-0.3, -0.25) is 0 Å². The first-order valence-corrected chi connectivity index (χ1v) is 7.56. The first-order valence-electron chi connectivity index (χ1n) is 7.56. The SMILES string of the molecule is CCN(CC)C[C@H](O)c1cccn1-c1ccc(CN)cc1. The van der Waals surface area contributed by atoms with Crippen LogP contribution >= 0.6 is 0 Å². The fourth-order valence-corrected chi connectivity index (χ4v) is 2.51. The van der Waals surface area contributed by atoms with Crippen molar-refractivity contribution in [2.45, 2.75) is 26.5 Å². The number of nitrogens with zero attached hydrogens (tertiary/aromatic N) is 2. The molecule has 114 valence electrons. The van der Waals surface area contributed by atoms with Gasteiger partial charge in [-0.05, 0) is 42.9 Å². The van der Waals surface area contributed by atoms with Crippen LogP contribution in [0.5, 0.6) is 0 Å². The Kier molecular flexibility index (Phi) is 5.56. The molecule has 2 aromatic rings. The van der Waals surface area contributed by atoms with E-state index in [2.05, 4.69) is 18.7 Å². The van der Waals surface area contributed by atoms with Crippen molar-refractivity contribution >= 4 is 0 Å². The Balaban J connectivity index is 2.20. The second kappa shape index (κ2) is 7.41. The highest BCUT2D eigenvalue weighted by molar-refractivity contribution is 5.37. The molecule has 0 saturated heterocycles. The Hall–Kier alpha value is -1.62. The van der Waals surface area contributed by atoms with Gasteiger partial charge in [0, 0.05) is 25.0 Å². The lowest BCUT2D eigenvalue weighted by molar-refractivity contribution is 0.114. The normalized spacial score (nSPS) is 12.8. The second-order valence-corrected chi connectivity index (χ2v) is 5.18. The van der Waals surface area contributed by atoms with Crippen LogP contribution in [-0.4, -0.2) is 34.2 Å². The molecule has 0 bridgehead atoms. The maximum Gasteiger partial charge on any atom is 0.107 e. The number of aromatic nitrogens is 1. The van der Waals surface area contributed by atoms with E-state index in [1.165, 1.54) is 0 Å². The lowest BCUT2D eigenvalue weighted by Crippen LogP contribution is -2.29. The van der Waals surface area contributed by atoms with Gasteiger partial charge in [-0.1, -0.05) is 26.0 Å². The zero-order chi connectivity index (χ0) is 15.2. The Morgan fingerprint density at radius 2 is 1.81 bits per heavy atom. The predicted molar refractivity (Wildman–Crippen MR) is 86.4 cm³/mol. The van der Waals surface area contributed by atoms with Gasteiger partial charge in [0.25, 0.3) is 0 Å². The first-order chi connectivity index (χ1) is 10.2. The number of hydrogen-bond donors (Lipinski definition) is 2. The van der Waals surface area contributed by atoms with E-state index in [4.69, 9.17) is 5.73 Å². The molecule has 4 heteroatoms. The number of aliphatic hydroxyl groups excluding tert-OH is 1. The second-order valence-electron chi connectivity index (χ2n) is 5.18. The molecule has 4 nitrogen and oxygen atoms in total. The highest BCUT2D eigenvalue weighted by atomic mass is 16.3. The Morgan fingerprint density at radius 1 is 1.14 bits per heavy atom. The van der Waals surface area contributed by atoms with Gasteiger partial charge in [0.05, 0.1) is 5.69 Å². The summed E-state index contributed by atoms with van der Waals surface area (Å²) in [6, 6.07) is 12.1. The molecule has 1 heterocycles. The molecule has 0 fully saturated rings. The van der Waals surface area contributed by atoms with Gasteiger partial charge in [-0.2, -0.15) is 0 Å².